The molecular formula is C26H34N4O. The molecule has 5 heteroatoms. The second-order valence-corrected chi connectivity index (χ2v) is 10.9. The van der Waals surface area contributed by atoms with E-state index in [0.717, 1.165) is 69.5 Å². The van der Waals surface area contributed by atoms with Crippen LogP contribution in [0, 0.1) is 17.3 Å². The summed E-state index contributed by atoms with van der Waals surface area (Å²) in [5, 5.41) is 14.9. The molecule has 3 aliphatic carbocycles. The molecule has 2 aromatic rings. The number of rotatable bonds is 5. The van der Waals surface area contributed by atoms with Gasteiger partial charge in [0, 0.05) is 31.7 Å². The number of anilines is 1. The van der Waals surface area contributed by atoms with E-state index in [0.29, 0.717) is 0 Å². The van der Waals surface area contributed by atoms with Gasteiger partial charge in [0.2, 0.25) is 0 Å². The summed E-state index contributed by atoms with van der Waals surface area (Å²) >= 11 is 0. The predicted octanol–water partition coefficient (Wildman–Crippen LogP) is 4.17. The molecule has 0 saturated heterocycles. The highest BCUT2D eigenvalue weighted by molar-refractivity contribution is 5.47. The van der Waals surface area contributed by atoms with Gasteiger partial charge in [0.1, 0.15) is 12.1 Å². The van der Waals surface area contributed by atoms with Crippen molar-refractivity contribution in [2.24, 2.45) is 17.3 Å². The number of hydrogen-bond donors (Lipinski definition) is 2. The van der Waals surface area contributed by atoms with Crippen molar-refractivity contribution in [3.63, 3.8) is 0 Å². The second kappa shape index (κ2) is 7.56. The molecule has 3 fully saturated rings. The van der Waals surface area contributed by atoms with Gasteiger partial charge in [-0.3, -0.25) is 4.90 Å². The molecule has 1 aromatic heterocycles. The number of aliphatic hydroxyl groups is 1. The van der Waals surface area contributed by atoms with E-state index in [1.807, 2.05) is 0 Å². The van der Waals surface area contributed by atoms with E-state index < -0.39 is 5.60 Å². The molecule has 3 saturated carbocycles. The molecule has 4 aliphatic rings. The van der Waals surface area contributed by atoms with Gasteiger partial charge < -0.3 is 10.4 Å². The predicted molar refractivity (Wildman–Crippen MR) is 121 cm³/mol. The molecule has 2 heterocycles. The van der Waals surface area contributed by atoms with Gasteiger partial charge in [-0.1, -0.05) is 43.2 Å². The minimum atomic E-state index is -0.404. The molecule has 31 heavy (non-hydrogen) atoms. The van der Waals surface area contributed by atoms with Crippen LogP contribution in [-0.2, 0) is 19.5 Å². The lowest BCUT2D eigenvalue weighted by molar-refractivity contribution is -0.0376. The van der Waals surface area contributed by atoms with E-state index >= 15 is 0 Å². The molecular weight excluding hydrogens is 384 g/mol. The van der Waals surface area contributed by atoms with Crippen LogP contribution in [0.25, 0.3) is 0 Å². The fraction of sp³-hybridized carbons (Fsp3) is 0.615. The molecule has 1 aliphatic heterocycles. The number of nitrogens with one attached hydrogen (secondary N) is 1. The minimum Gasteiger partial charge on any atom is -0.390 e. The molecule has 6 rings (SSSR count). The zero-order valence-electron chi connectivity index (χ0n) is 18.4. The Morgan fingerprint density at radius 2 is 1.97 bits per heavy atom. The third kappa shape index (κ3) is 3.76. The topological polar surface area (TPSA) is 61.3 Å². The Hall–Kier alpha value is -1.98. The van der Waals surface area contributed by atoms with Crippen LogP contribution < -0.4 is 5.32 Å². The molecule has 0 amide bonds. The molecule has 164 valence electrons. The maximum Gasteiger partial charge on any atom is 0.132 e. The second-order valence-electron chi connectivity index (χ2n) is 10.9. The maximum atomic E-state index is 11.2. The van der Waals surface area contributed by atoms with Crippen LogP contribution in [0.15, 0.2) is 36.7 Å². The van der Waals surface area contributed by atoms with Crippen LogP contribution in [0.2, 0.25) is 0 Å². The first kappa shape index (κ1) is 19.7. The van der Waals surface area contributed by atoms with Crippen molar-refractivity contribution in [3.05, 3.63) is 53.5 Å². The van der Waals surface area contributed by atoms with E-state index in [-0.39, 0.29) is 5.41 Å². The average Bonchev–Trinajstić information content (AvgIpc) is 2.92. The number of hydrogen-bond acceptors (Lipinski definition) is 5. The van der Waals surface area contributed by atoms with Crippen LogP contribution in [0.3, 0.4) is 0 Å². The van der Waals surface area contributed by atoms with Gasteiger partial charge >= 0.3 is 0 Å². The van der Waals surface area contributed by atoms with Crippen LogP contribution in [0.1, 0.15) is 61.8 Å². The standard InChI is InChI=1S/C26H34N4O/c31-26-12-20-7-4-9-25(16-26,11-21(20)13-26)17-27-24-22-8-10-30(15-23(22)28-18-29-24)14-19-5-2-1-3-6-19/h1-3,5-6,18,20-21,31H,4,7-17H2,(H,27,28,29). The van der Waals surface area contributed by atoms with Crippen molar-refractivity contribution in [2.45, 2.75) is 70.1 Å². The number of nitrogens with zero attached hydrogens (tertiary/aromatic N) is 3. The zero-order valence-corrected chi connectivity index (χ0v) is 18.4. The lowest BCUT2D eigenvalue weighted by atomic mass is 9.65. The van der Waals surface area contributed by atoms with Crippen molar-refractivity contribution in [2.75, 3.05) is 18.4 Å². The number of fused-ring (bicyclic) bond motifs is 3. The first-order chi connectivity index (χ1) is 15.1. The molecule has 0 spiro atoms. The van der Waals surface area contributed by atoms with Crippen molar-refractivity contribution < 1.29 is 5.11 Å². The number of aromatic nitrogens is 2. The third-order valence-electron chi connectivity index (χ3n) is 8.60. The van der Waals surface area contributed by atoms with Gasteiger partial charge in [0.25, 0.3) is 0 Å². The van der Waals surface area contributed by atoms with Crippen molar-refractivity contribution in [1.29, 1.82) is 0 Å². The Morgan fingerprint density at radius 1 is 1.10 bits per heavy atom. The quantitative estimate of drug-likeness (QED) is 0.763. The fourth-order valence-electron chi connectivity index (χ4n) is 7.40. The van der Waals surface area contributed by atoms with E-state index in [4.69, 9.17) is 0 Å². The summed E-state index contributed by atoms with van der Waals surface area (Å²) < 4.78 is 0. The summed E-state index contributed by atoms with van der Waals surface area (Å²) in [6, 6.07) is 10.7. The summed E-state index contributed by atoms with van der Waals surface area (Å²) in [6.07, 6.45) is 10.9. The van der Waals surface area contributed by atoms with Crippen molar-refractivity contribution in [3.8, 4) is 0 Å². The van der Waals surface area contributed by atoms with Gasteiger partial charge in [-0.25, -0.2) is 9.97 Å². The monoisotopic (exact) mass is 418 g/mol. The Kier molecular flexibility index (Phi) is 4.80. The average molecular weight is 419 g/mol. The SMILES string of the molecule is OC12CC3CCCC(CNc4ncnc5c4CCN(Cc4ccccc4)C5)(CC3C1)C2. The van der Waals surface area contributed by atoms with Gasteiger partial charge in [-0.05, 0) is 61.3 Å². The van der Waals surface area contributed by atoms with E-state index in [2.05, 4.69) is 50.5 Å². The van der Waals surface area contributed by atoms with Crippen LogP contribution in [0.5, 0.6) is 0 Å². The Labute approximate surface area is 185 Å². The summed E-state index contributed by atoms with van der Waals surface area (Å²) in [5.41, 5.74) is 3.65. The molecule has 5 nitrogen and oxygen atoms in total. The highest BCUT2D eigenvalue weighted by Crippen LogP contribution is 2.60. The summed E-state index contributed by atoms with van der Waals surface area (Å²) in [5.74, 6) is 2.52. The lowest BCUT2D eigenvalue weighted by Crippen LogP contribution is -2.43. The van der Waals surface area contributed by atoms with E-state index in [9.17, 15) is 5.11 Å². The molecule has 4 unspecified atom stereocenters. The Bertz CT molecular complexity index is 950. The fourth-order valence-corrected chi connectivity index (χ4v) is 7.40. The van der Waals surface area contributed by atoms with Gasteiger partial charge in [-0.2, -0.15) is 0 Å². The van der Waals surface area contributed by atoms with Crippen molar-refractivity contribution >= 4 is 5.82 Å². The Balaban J connectivity index is 1.16. The highest BCUT2D eigenvalue weighted by Gasteiger charge is 2.56. The molecule has 2 N–H and O–H groups in total. The summed E-state index contributed by atoms with van der Waals surface area (Å²) in [7, 11) is 0. The summed E-state index contributed by atoms with van der Waals surface area (Å²) in [6.45, 7) is 3.83. The maximum absolute atomic E-state index is 11.2. The lowest BCUT2D eigenvalue weighted by Gasteiger charge is -2.44. The van der Waals surface area contributed by atoms with Gasteiger partial charge in [0.15, 0.2) is 0 Å². The molecule has 4 atom stereocenters. The zero-order chi connectivity index (χ0) is 20.9. The van der Waals surface area contributed by atoms with Crippen LogP contribution >= 0.6 is 0 Å². The first-order valence-electron chi connectivity index (χ1n) is 12.2. The van der Waals surface area contributed by atoms with Crippen molar-refractivity contribution in [1.82, 2.24) is 14.9 Å². The van der Waals surface area contributed by atoms with E-state index in [1.54, 1.807) is 6.33 Å². The minimum absolute atomic E-state index is 0.231. The molecule has 1 aromatic carbocycles. The Morgan fingerprint density at radius 3 is 2.87 bits per heavy atom. The first-order valence-corrected chi connectivity index (χ1v) is 12.2. The van der Waals surface area contributed by atoms with Crippen LogP contribution in [0.4, 0.5) is 5.82 Å². The molecule has 3 bridgehead atoms. The number of benzene rings is 1. The van der Waals surface area contributed by atoms with Gasteiger partial charge in [0.05, 0.1) is 11.3 Å². The van der Waals surface area contributed by atoms with E-state index in [1.165, 1.54) is 42.5 Å². The summed E-state index contributed by atoms with van der Waals surface area (Å²) in [4.78, 5) is 11.8. The smallest absolute Gasteiger partial charge is 0.132 e. The largest absolute Gasteiger partial charge is 0.390 e. The third-order valence-corrected chi connectivity index (χ3v) is 8.60. The molecule has 0 radical (unpaired) electrons. The van der Waals surface area contributed by atoms with Crippen LogP contribution in [-0.4, -0.2) is 38.7 Å². The van der Waals surface area contributed by atoms with Gasteiger partial charge in [-0.15, -0.1) is 0 Å². The normalized spacial score (nSPS) is 34.4. The highest BCUT2D eigenvalue weighted by atomic mass is 16.3.